The number of ether oxygens (including phenoxy) is 2. The maximum atomic E-state index is 12.6. The van der Waals surface area contributed by atoms with E-state index in [1.54, 1.807) is 36.4 Å². The van der Waals surface area contributed by atoms with Crippen LogP contribution in [-0.4, -0.2) is 34.0 Å². The summed E-state index contributed by atoms with van der Waals surface area (Å²) in [6.07, 6.45) is 2.64. The van der Waals surface area contributed by atoms with Crippen LogP contribution < -0.4 is 14.8 Å². The van der Waals surface area contributed by atoms with Crippen molar-refractivity contribution in [3.05, 3.63) is 96.1 Å². The Kier molecular flexibility index (Phi) is 8.42. The Morgan fingerprint density at radius 2 is 1.59 bits per heavy atom. The second-order valence-corrected chi connectivity index (χ2v) is 8.79. The van der Waals surface area contributed by atoms with Crippen molar-refractivity contribution in [1.82, 2.24) is 5.32 Å². The third-order valence-corrected chi connectivity index (χ3v) is 6.02. The van der Waals surface area contributed by atoms with Gasteiger partial charge < -0.3 is 14.8 Å². The van der Waals surface area contributed by atoms with E-state index in [1.807, 2.05) is 30.3 Å². The summed E-state index contributed by atoms with van der Waals surface area (Å²) in [6.45, 7) is -0.0557. The molecule has 8 nitrogen and oxygen atoms in total. The first-order valence-electron chi connectivity index (χ1n) is 10.3. The predicted molar refractivity (Wildman–Crippen MR) is 129 cm³/mol. The molecule has 0 atom stereocenters. The number of esters is 1. The van der Waals surface area contributed by atoms with Crippen molar-refractivity contribution in [2.75, 3.05) is 18.4 Å². The highest BCUT2D eigenvalue weighted by atomic mass is 32.2. The second kappa shape index (κ2) is 11.7. The summed E-state index contributed by atoms with van der Waals surface area (Å²) in [6, 6.07) is 21.8. The van der Waals surface area contributed by atoms with E-state index in [-0.39, 0.29) is 4.90 Å². The van der Waals surface area contributed by atoms with Gasteiger partial charge >= 0.3 is 5.97 Å². The van der Waals surface area contributed by atoms with E-state index in [4.69, 9.17) is 9.47 Å². The molecule has 0 aromatic heterocycles. The lowest BCUT2D eigenvalue weighted by molar-refractivity contribution is -0.143. The van der Waals surface area contributed by atoms with Crippen LogP contribution in [0.2, 0.25) is 0 Å². The molecule has 0 fully saturated rings. The number of methoxy groups -OCH3 is 1. The number of carbonyl (C=O) groups is 2. The van der Waals surface area contributed by atoms with Crippen LogP contribution in [-0.2, 0) is 30.9 Å². The SMILES string of the molecule is COc1ccc(NS(=O)(=O)c2ccc(/C=C/C(=O)OCC(=O)NCc3ccccc3)cc2)cc1. The standard InChI is InChI=1S/C25H24N2O6S/c1-32-22-12-10-21(11-13-22)27-34(30,31)23-14-7-19(8-15-23)9-16-25(29)33-18-24(28)26-17-20-5-3-2-4-6-20/h2-16,27H,17-18H2,1H3,(H,26,28)/b16-9+. The molecule has 0 aliphatic carbocycles. The first-order chi connectivity index (χ1) is 16.4. The quantitative estimate of drug-likeness (QED) is 0.340. The molecule has 0 spiro atoms. The molecule has 0 aliphatic heterocycles. The number of anilines is 1. The van der Waals surface area contributed by atoms with E-state index in [9.17, 15) is 18.0 Å². The van der Waals surface area contributed by atoms with E-state index in [0.29, 0.717) is 23.5 Å². The van der Waals surface area contributed by atoms with Crippen LogP contribution in [0.3, 0.4) is 0 Å². The van der Waals surface area contributed by atoms with Crippen LogP contribution in [0.15, 0.2) is 89.8 Å². The molecular formula is C25H24N2O6S. The van der Waals surface area contributed by atoms with Crippen LogP contribution in [0.4, 0.5) is 5.69 Å². The fourth-order valence-corrected chi connectivity index (χ4v) is 3.89. The number of rotatable bonds is 10. The molecule has 2 N–H and O–H groups in total. The van der Waals surface area contributed by atoms with Crippen molar-refractivity contribution in [2.45, 2.75) is 11.4 Å². The van der Waals surface area contributed by atoms with Gasteiger partial charge in [-0.3, -0.25) is 9.52 Å². The van der Waals surface area contributed by atoms with Crippen molar-refractivity contribution in [3.63, 3.8) is 0 Å². The topological polar surface area (TPSA) is 111 Å². The summed E-state index contributed by atoms with van der Waals surface area (Å²) >= 11 is 0. The third kappa shape index (κ3) is 7.49. The number of carbonyl (C=O) groups excluding carboxylic acids is 2. The second-order valence-electron chi connectivity index (χ2n) is 7.11. The Hall–Kier alpha value is -4.11. The van der Waals surface area contributed by atoms with Gasteiger partial charge in [0.2, 0.25) is 0 Å². The lowest BCUT2D eigenvalue weighted by Gasteiger charge is -2.09. The van der Waals surface area contributed by atoms with Crippen molar-refractivity contribution < 1.29 is 27.5 Å². The maximum absolute atomic E-state index is 12.6. The van der Waals surface area contributed by atoms with Crippen LogP contribution in [0.5, 0.6) is 5.75 Å². The molecule has 1 amide bonds. The Morgan fingerprint density at radius 3 is 2.24 bits per heavy atom. The number of benzene rings is 3. The molecule has 3 aromatic rings. The summed E-state index contributed by atoms with van der Waals surface area (Å²) in [7, 11) is -2.25. The number of amides is 1. The molecule has 0 radical (unpaired) electrons. The van der Waals surface area contributed by atoms with Gasteiger partial charge in [0.05, 0.1) is 12.0 Å². The van der Waals surface area contributed by atoms with E-state index in [2.05, 4.69) is 10.0 Å². The van der Waals surface area contributed by atoms with Gasteiger partial charge in [0, 0.05) is 18.3 Å². The van der Waals surface area contributed by atoms with Crippen LogP contribution in [0, 0.1) is 0 Å². The van der Waals surface area contributed by atoms with Crippen LogP contribution >= 0.6 is 0 Å². The largest absolute Gasteiger partial charge is 0.497 e. The zero-order valence-electron chi connectivity index (χ0n) is 18.4. The zero-order chi connectivity index (χ0) is 24.4. The van der Waals surface area contributed by atoms with Gasteiger partial charge in [0.15, 0.2) is 6.61 Å². The molecule has 0 bridgehead atoms. The summed E-state index contributed by atoms with van der Waals surface area (Å²) in [5.41, 5.74) is 1.93. The predicted octanol–water partition coefficient (Wildman–Crippen LogP) is 3.37. The molecule has 0 unspecified atom stereocenters. The monoisotopic (exact) mass is 480 g/mol. The molecule has 176 valence electrons. The van der Waals surface area contributed by atoms with Gasteiger partial charge in [0.1, 0.15) is 5.75 Å². The molecular weight excluding hydrogens is 456 g/mol. The average Bonchev–Trinajstić information content (AvgIpc) is 2.86. The molecule has 0 heterocycles. The summed E-state index contributed by atoms with van der Waals surface area (Å²) in [5.74, 6) is -0.484. The minimum Gasteiger partial charge on any atom is -0.497 e. The number of hydrogen-bond acceptors (Lipinski definition) is 6. The van der Waals surface area contributed by atoms with Gasteiger partial charge in [0.25, 0.3) is 15.9 Å². The number of nitrogens with one attached hydrogen (secondary N) is 2. The summed E-state index contributed by atoms with van der Waals surface area (Å²) < 4.78 is 37.6. The van der Waals surface area contributed by atoms with Crippen LogP contribution in [0.25, 0.3) is 6.08 Å². The van der Waals surface area contributed by atoms with E-state index >= 15 is 0 Å². The van der Waals surface area contributed by atoms with Crippen molar-refractivity contribution in [2.24, 2.45) is 0 Å². The average molecular weight is 481 g/mol. The minimum atomic E-state index is -3.78. The molecule has 3 rings (SSSR count). The fraction of sp³-hybridized carbons (Fsp3) is 0.120. The van der Waals surface area contributed by atoms with Gasteiger partial charge in [-0.05, 0) is 53.6 Å². The first-order valence-corrected chi connectivity index (χ1v) is 11.8. The van der Waals surface area contributed by atoms with E-state index in [0.717, 1.165) is 5.56 Å². The minimum absolute atomic E-state index is 0.0677. The van der Waals surface area contributed by atoms with Crippen molar-refractivity contribution in [3.8, 4) is 5.75 Å². The molecule has 3 aromatic carbocycles. The normalized spacial score (nSPS) is 11.1. The van der Waals surface area contributed by atoms with E-state index < -0.39 is 28.5 Å². The Bertz CT molecular complexity index is 1240. The molecule has 0 aliphatic rings. The van der Waals surface area contributed by atoms with Gasteiger partial charge in [-0.1, -0.05) is 42.5 Å². The zero-order valence-corrected chi connectivity index (χ0v) is 19.2. The molecule has 0 saturated heterocycles. The Labute approximate surface area is 198 Å². The summed E-state index contributed by atoms with van der Waals surface area (Å²) in [4.78, 5) is 23.7. The molecule has 9 heteroatoms. The Balaban J connectivity index is 1.48. The van der Waals surface area contributed by atoms with Crippen molar-refractivity contribution in [1.29, 1.82) is 0 Å². The first kappa shape index (κ1) is 24.5. The van der Waals surface area contributed by atoms with Crippen molar-refractivity contribution >= 4 is 33.7 Å². The fourth-order valence-electron chi connectivity index (χ4n) is 2.83. The Morgan fingerprint density at radius 1 is 0.912 bits per heavy atom. The summed E-state index contributed by atoms with van der Waals surface area (Å²) in [5, 5.41) is 2.66. The van der Waals surface area contributed by atoms with Gasteiger partial charge in [-0.25, -0.2) is 13.2 Å². The highest BCUT2D eigenvalue weighted by Gasteiger charge is 2.14. The third-order valence-electron chi connectivity index (χ3n) is 4.62. The molecule has 0 saturated carbocycles. The maximum Gasteiger partial charge on any atom is 0.331 e. The van der Waals surface area contributed by atoms with Gasteiger partial charge in [-0.15, -0.1) is 0 Å². The lowest BCUT2D eigenvalue weighted by Crippen LogP contribution is -2.28. The highest BCUT2D eigenvalue weighted by molar-refractivity contribution is 7.92. The highest BCUT2D eigenvalue weighted by Crippen LogP contribution is 2.20. The number of hydrogen-bond donors (Lipinski definition) is 2. The smallest absolute Gasteiger partial charge is 0.331 e. The lowest BCUT2D eigenvalue weighted by atomic mass is 10.2. The van der Waals surface area contributed by atoms with Gasteiger partial charge in [-0.2, -0.15) is 0 Å². The molecule has 34 heavy (non-hydrogen) atoms. The van der Waals surface area contributed by atoms with E-state index in [1.165, 1.54) is 31.4 Å². The number of sulfonamides is 1. The van der Waals surface area contributed by atoms with Crippen LogP contribution in [0.1, 0.15) is 11.1 Å².